The Kier molecular flexibility index (Phi) is 7.00. The molecule has 0 bridgehead atoms. The van der Waals surface area contributed by atoms with Crippen LogP contribution < -0.4 is 5.32 Å². The van der Waals surface area contributed by atoms with Gasteiger partial charge in [0, 0.05) is 11.8 Å². The number of unbranched alkanes of at least 4 members (excludes halogenated alkanes) is 2. The summed E-state index contributed by atoms with van der Waals surface area (Å²) in [4.78, 5) is 4.35. The Morgan fingerprint density at radius 1 is 1.44 bits per heavy atom. The van der Waals surface area contributed by atoms with Crippen molar-refractivity contribution in [3.8, 4) is 0 Å². The van der Waals surface area contributed by atoms with E-state index in [-0.39, 0.29) is 0 Å². The van der Waals surface area contributed by atoms with E-state index < -0.39 is 0 Å². The van der Waals surface area contributed by atoms with E-state index in [0.29, 0.717) is 5.25 Å². The molecule has 92 valence electrons. The zero-order valence-electron chi connectivity index (χ0n) is 10.3. The van der Waals surface area contributed by atoms with Crippen LogP contribution in [0.2, 0.25) is 0 Å². The van der Waals surface area contributed by atoms with Crippen LogP contribution in [0.5, 0.6) is 0 Å². The molecule has 0 saturated carbocycles. The second-order valence-electron chi connectivity index (χ2n) is 3.95. The molecule has 1 atom stereocenters. The zero-order chi connectivity index (χ0) is 11.8. The third-order valence-corrected chi connectivity index (χ3v) is 4.18. The Morgan fingerprint density at radius 3 is 2.88 bits per heavy atom. The van der Waals surface area contributed by atoms with Crippen LogP contribution in [-0.4, -0.2) is 27.7 Å². The van der Waals surface area contributed by atoms with Crippen LogP contribution in [0, 0.1) is 6.92 Å². The minimum atomic E-state index is 0.564. The molecule has 1 unspecified atom stereocenters. The Bertz CT molecular complexity index is 289. The van der Waals surface area contributed by atoms with E-state index in [1.54, 1.807) is 0 Å². The highest BCUT2D eigenvalue weighted by molar-refractivity contribution is 8.01. The van der Waals surface area contributed by atoms with Crippen molar-refractivity contribution in [3.05, 3.63) is 5.82 Å². The fourth-order valence-corrected chi connectivity index (χ4v) is 3.28. The van der Waals surface area contributed by atoms with Crippen molar-refractivity contribution in [2.24, 2.45) is 0 Å². The van der Waals surface area contributed by atoms with Gasteiger partial charge in [-0.05, 0) is 31.4 Å². The summed E-state index contributed by atoms with van der Waals surface area (Å²) in [6.07, 6.45) is 3.89. The normalized spacial score (nSPS) is 12.9. The summed E-state index contributed by atoms with van der Waals surface area (Å²) in [7, 11) is 0. The first-order chi connectivity index (χ1) is 7.72. The van der Waals surface area contributed by atoms with E-state index in [4.69, 9.17) is 0 Å². The molecular weight excluding hydrogens is 238 g/mol. The van der Waals surface area contributed by atoms with Gasteiger partial charge in [-0.3, -0.25) is 0 Å². The number of hydrogen-bond acceptors (Lipinski definition) is 5. The molecular formula is C11H21N3S2. The molecule has 0 radical (unpaired) electrons. The Hall–Kier alpha value is -0.130. The van der Waals surface area contributed by atoms with Crippen molar-refractivity contribution >= 4 is 23.3 Å². The fourth-order valence-electron chi connectivity index (χ4n) is 1.35. The molecule has 0 fully saturated rings. The Labute approximate surface area is 107 Å². The number of nitrogens with one attached hydrogen (secondary N) is 1. The SMILES string of the molecule is CCCCCNCC(C)Sc1nc(C)ns1. The second-order valence-corrected chi connectivity index (χ2v) is 6.38. The van der Waals surface area contributed by atoms with E-state index in [1.807, 2.05) is 18.7 Å². The van der Waals surface area contributed by atoms with E-state index in [1.165, 1.54) is 30.8 Å². The number of nitrogens with zero attached hydrogens (tertiary/aromatic N) is 2. The van der Waals surface area contributed by atoms with Crippen molar-refractivity contribution in [3.63, 3.8) is 0 Å². The minimum Gasteiger partial charge on any atom is -0.316 e. The van der Waals surface area contributed by atoms with E-state index in [0.717, 1.165) is 23.3 Å². The maximum absolute atomic E-state index is 4.35. The predicted molar refractivity (Wildman–Crippen MR) is 72.4 cm³/mol. The van der Waals surface area contributed by atoms with Gasteiger partial charge in [-0.25, -0.2) is 4.98 Å². The summed E-state index contributed by atoms with van der Waals surface area (Å²) >= 11 is 3.31. The lowest BCUT2D eigenvalue weighted by atomic mass is 10.2. The van der Waals surface area contributed by atoms with Gasteiger partial charge in [0.25, 0.3) is 0 Å². The number of aromatic nitrogens is 2. The first-order valence-electron chi connectivity index (χ1n) is 5.90. The fraction of sp³-hybridized carbons (Fsp3) is 0.818. The average molecular weight is 259 g/mol. The van der Waals surface area contributed by atoms with Crippen LogP contribution in [0.3, 0.4) is 0 Å². The van der Waals surface area contributed by atoms with Gasteiger partial charge in [0.2, 0.25) is 0 Å². The summed E-state index contributed by atoms with van der Waals surface area (Å²) in [6.45, 7) is 8.58. The average Bonchev–Trinajstić information content (AvgIpc) is 2.63. The number of hydrogen-bond donors (Lipinski definition) is 1. The van der Waals surface area contributed by atoms with Crippen LogP contribution in [0.4, 0.5) is 0 Å². The summed E-state index contributed by atoms with van der Waals surface area (Å²) in [5.74, 6) is 0.885. The van der Waals surface area contributed by atoms with Gasteiger partial charge in [0.15, 0.2) is 4.34 Å². The van der Waals surface area contributed by atoms with Crippen molar-refractivity contribution in [2.75, 3.05) is 13.1 Å². The van der Waals surface area contributed by atoms with Crippen LogP contribution in [0.1, 0.15) is 38.9 Å². The molecule has 0 amide bonds. The highest BCUT2D eigenvalue weighted by Gasteiger charge is 2.07. The molecule has 0 saturated heterocycles. The number of rotatable bonds is 8. The number of aryl methyl sites for hydroxylation is 1. The monoisotopic (exact) mass is 259 g/mol. The van der Waals surface area contributed by atoms with Crippen molar-refractivity contribution in [1.82, 2.24) is 14.7 Å². The van der Waals surface area contributed by atoms with Gasteiger partial charge < -0.3 is 5.32 Å². The first-order valence-corrected chi connectivity index (χ1v) is 7.55. The van der Waals surface area contributed by atoms with Gasteiger partial charge in [0.1, 0.15) is 5.82 Å². The molecule has 1 aromatic heterocycles. The third-order valence-electron chi connectivity index (χ3n) is 2.20. The van der Waals surface area contributed by atoms with Crippen molar-refractivity contribution in [1.29, 1.82) is 0 Å². The molecule has 5 heteroatoms. The standard InChI is InChI=1S/C11H21N3S2/c1-4-5-6-7-12-8-9(2)15-11-13-10(3)14-16-11/h9,12H,4-8H2,1-3H3. The van der Waals surface area contributed by atoms with Crippen molar-refractivity contribution < 1.29 is 0 Å². The Morgan fingerprint density at radius 2 is 2.25 bits per heavy atom. The number of thioether (sulfide) groups is 1. The lowest BCUT2D eigenvalue weighted by molar-refractivity contribution is 0.615. The maximum Gasteiger partial charge on any atom is 0.170 e. The topological polar surface area (TPSA) is 37.8 Å². The molecule has 0 aliphatic rings. The molecule has 0 spiro atoms. The van der Waals surface area contributed by atoms with Gasteiger partial charge in [-0.1, -0.05) is 38.5 Å². The third kappa shape index (κ3) is 5.82. The van der Waals surface area contributed by atoms with Crippen LogP contribution in [-0.2, 0) is 0 Å². The van der Waals surface area contributed by atoms with Gasteiger partial charge in [-0.15, -0.1) is 0 Å². The van der Waals surface area contributed by atoms with Crippen molar-refractivity contribution in [2.45, 2.75) is 49.6 Å². The highest BCUT2D eigenvalue weighted by atomic mass is 32.2. The summed E-state index contributed by atoms with van der Waals surface area (Å²) in [5.41, 5.74) is 0. The zero-order valence-corrected chi connectivity index (χ0v) is 12.0. The predicted octanol–water partition coefficient (Wildman–Crippen LogP) is 3.11. The van der Waals surface area contributed by atoms with Crippen LogP contribution in [0.25, 0.3) is 0 Å². The van der Waals surface area contributed by atoms with E-state index in [2.05, 4.69) is 28.5 Å². The molecule has 3 nitrogen and oxygen atoms in total. The van der Waals surface area contributed by atoms with Crippen LogP contribution in [0.15, 0.2) is 4.34 Å². The molecule has 0 aromatic carbocycles. The van der Waals surface area contributed by atoms with E-state index in [9.17, 15) is 0 Å². The first kappa shape index (κ1) is 13.9. The highest BCUT2D eigenvalue weighted by Crippen LogP contribution is 2.24. The summed E-state index contributed by atoms with van der Waals surface area (Å²) in [5, 5.41) is 4.05. The molecule has 1 rings (SSSR count). The van der Waals surface area contributed by atoms with Gasteiger partial charge >= 0.3 is 0 Å². The van der Waals surface area contributed by atoms with Gasteiger partial charge in [-0.2, -0.15) is 4.37 Å². The summed E-state index contributed by atoms with van der Waals surface area (Å²) < 4.78 is 5.26. The molecule has 1 heterocycles. The Balaban J connectivity index is 2.09. The smallest absolute Gasteiger partial charge is 0.170 e. The molecule has 1 N–H and O–H groups in total. The largest absolute Gasteiger partial charge is 0.316 e. The lowest BCUT2D eigenvalue weighted by Crippen LogP contribution is -2.23. The molecule has 0 aliphatic heterocycles. The molecule has 1 aromatic rings. The van der Waals surface area contributed by atoms with Crippen LogP contribution >= 0.6 is 23.3 Å². The second kappa shape index (κ2) is 8.03. The quantitative estimate of drug-likeness (QED) is 0.575. The summed E-state index contributed by atoms with van der Waals surface area (Å²) in [6, 6.07) is 0. The minimum absolute atomic E-state index is 0.564. The molecule has 0 aliphatic carbocycles. The molecule has 16 heavy (non-hydrogen) atoms. The van der Waals surface area contributed by atoms with Gasteiger partial charge in [0.05, 0.1) is 0 Å². The van der Waals surface area contributed by atoms with E-state index >= 15 is 0 Å². The maximum atomic E-state index is 4.35. The lowest BCUT2D eigenvalue weighted by Gasteiger charge is -2.09.